The lowest BCUT2D eigenvalue weighted by Crippen LogP contribution is -3.00. The molecule has 0 atom stereocenters. The lowest BCUT2D eigenvalue weighted by atomic mass is 10.1. The molecule has 1 heterocycles. The quantitative estimate of drug-likeness (QED) is 0.560. The summed E-state index contributed by atoms with van der Waals surface area (Å²) in [4.78, 5) is 6.28. The van der Waals surface area contributed by atoms with Crippen molar-refractivity contribution in [3.63, 3.8) is 0 Å². The molecule has 2 rings (SSSR count). The van der Waals surface area contributed by atoms with Crippen molar-refractivity contribution in [2.24, 2.45) is 0 Å². The first-order chi connectivity index (χ1) is 7.75. The molecule has 6 N–H and O–H groups in total. The van der Waals surface area contributed by atoms with Crippen LogP contribution in [-0.2, 0) is 12.8 Å². The minimum Gasteiger partial charge on any atom is -1.00 e. The molecule has 5 heteroatoms. The summed E-state index contributed by atoms with van der Waals surface area (Å²) in [5.74, 6) is 1.14. The molecule has 0 fully saturated rings. The van der Waals surface area contributed by atoms with Gasteiger partial charge in [0.05, 0.1) is 0 Å². The predicted octanol–water partition coefficient (Wildman–Crippen LogP) is -1.83. The number of benzene rings is 1. The number of aromatic nitrogens is 2. The second kappa shape index (κ2) is 6.15. The molecular formula is C12H17ClN4. The Morgan fingerprint density at radius 3 is 2.71 bits per heavy atom. The van der Waals surface area contributed by atoms with Gasteiger partial charge in [0.25, 0.3) is 5.82 Å². The number of aromatic amines is 2. The van der Waals surface area contributed by atoms with Crippen molar-refractivity contribution in [3.05, 3.63) is 42.0 Å². The number of halogens is 1. The summed E-state index contributed by atoms with van der Waals surface area (Å²) in [5, 5.41) is 0. The molecule has 4 nitrogen and oxygen atoms in total. The predicted molar refractivity (Wildman–Crippen MR) is 64.6 cm³/mol. The molecule has 1 aromatic carbocycles. The molecule has 0 saturated heterocycles. The zero-order valence-corrected chi connectivity index (χ0v) is 10.3. The van der Waals surface area contributed by atoms with E-state index in [9.17, 15) is 0 Å². The normalized spacial score (nSPS) is 9.88. The standard InChI is InChI=1S/C12H16N4.ClH/c13-10-4-5-11(14)9(8-10)2-1-3-12-15-6-7-16-12;/h4-8H,1-3,13-14H2,(H,15,16);1H. The number of hydrogen-bond donors (Lipinski definition) is 3. The highest BCUT2D eigenvalue weighted by Gasteiger charge is 2.03. The van der Waals surface area contributed by atoms with Crippen LogP contribution >= 0.6 is 0 Å². The Hall–Kier alpha value is -1.68. The van der Waals surface area contributed by atoms with Gasteiger partial charge in [-0.05, 0) is 36.6 Å². The lowest BCUT2D eigenvalue weighted by Gasteiger charge is -2.05. The van der Waals surface area contributed by atoms with Crippen LogP contribution in [0.1, 0.15) is 17.8 Å². The summed E-state index contributed by atoms with van der Waals surface area (Å²) in [5.41, 5.74) is 14.3. The fourth-order valence-electron chi connectivity index (χ4n) is 1.77. The number of hydrogen-bond acceptors (Lipinski definition) is 2. The van der Waals surface area contributed by atoms with Crippen molar-refractivity contribution in [3.8, 4) is 0 Å². The average molecular weight is 253 g/mol. The van der Waals surface area contributed by atoms with Crippen molar-refractivity contribution in [1.29, 1.82) is 0 Å². The van der Waals surface area contributed by atoms with E-state index in [2.05, 4.69) is 9.97 Å². The summed E-state index contributed by atoms with van der Waals surface area (Å²) >= 11 is 0. The van der Waals surface area contributed by atoms with Crippen LogP contribution in [0.15, 0.2) is 30.6 Å². The van der Waals surface area contributed by atoms with Crippen LogP contribution in [-0.4, -0.2) is 4.98 Å². The van der Waals surface area contributed by atoms with Crippen molar-refractivity contribution < 1.29 is 17.4 Å². The molecule has 0 aliphatic heterocycles. The Kier molecular flexibility index (Phi) is 4.84. The van der Waals surface area contributed by atoms with Crippen LogP contribution in [0, 0.1) is 0 Å². The molecular weight excluding hydrogens is 236 g/mol. The third-order valence-corrected chi connectivity index (χ3v) is 2.64. The number of H-pyrrole nitrogens is 2. The lowest BCUT2D eigenvalue weighted by molar-refractivity contribution is -0.388. The third kappa shape index (κ3) is 3.67. The molecule has 0 spiro atoms. The molecule has 0 aliphatic rings. The molecule has 1 aromatic heterocycles. The smallest absolute Gasteiger partial charge is 0.251 e. The Labute approximate surface area is 107 Å². The van der Waals surface area contributed by atoms with Crippen LogP contribution in [0.25, 0.3) is 0 Å². The first-order valence-corrected chi connectivity index (χ1v) is 5.43. The van der Waals surface area contributed by atoms with Gasteiger partial charge in [-0.15, -0.1) is 0 Å². The third-order valence-electron chi connectivity index (χ3n) is 2.64. The van der Waals surface area contributed by atoms with E-state index in [1.807, 2.05) is 30.6 Å². The van der Waals surface area contributed by atoms with E-state index in [1.165, 1.54) is 0 Å². The van der Waals surface area contributed by atoms with Gasteiger partial charge < -0.3 is 23.9 Å². The molecule has 0 saturated carbocycles. The highest BCUT2D eigenvalue weighted by atomic mass is 35.5. The first kappa shape index (κ1) is 13.4. The van der Waals surface area contributed by atoms with E-state index in [0.29, 0.717) is 0 Å². The van der Waals surface area contributed by atoms with Crippen molar-refractivity contribution in [1.82, 2.24) is 4.98 Å². The monoisotopic (exact) mass is 252 g/mol. The zero-order chi connectivity index (χ0) is 11.4. The van der Waals surface area contributed by atoms with E-state index in [0.717, 1.165) is 42.0 Å². The van der Waals surface area contributed by atoms with Gasteiger partial charge in [0.2, 0.25) is 0 Å². The molecule has 0 bridgehead atoms. The Bertz CT molecular complexity index is 454. The fraction of sp³-hybridized carbons (Fsp3) is 0.250. The number of rotatable bonds is 4. The average Bonchev–Trinajstić information content (AvgIpc) is 2.76. The Morgan fingerprint density at radius 2 is 2.00 bits per heavy atom. The minimum absolute atomic E-state index is 0. The molecule has 0 aliphatic carbocycles. The van der Waals surface area contributed by atoms with E-state index in [4.69, 9.17) is 11.5 Å². The molecule has 2 aromatic rings. The molecule has 17 heavy (non-hydrogen) atoms. The second-order valence-corrected chi connectivity index (χ2v) is 3.91. The van der Waals surface area contributed by atoms with Gasteiger partial charge in [-0.3, -0.25) is 0 Å². The summed E-state index contributed by atoms with van der Waals surface area (Å²) in [6.45, 7) is 0. The van der Waals surface area contributed by atoms with Gasteiger partial charge in [-0.2, -0.15) is 0 Å². The van der Waals surface area contributed by atoms with Gasteiger partial charge in [-0.25, -0.2) is 9.97 Å². The zero-order valence-electron chi connectivity index (χ0n) is 9.54. The number of aryl methyl sites for hydroxylation is 2. The molecule has 0 radical (unpaired) electrons. The van der Waals surface area contributed by atoms with Crippen molar-refractivity contribution in [2.45, 2.75) is 19.3 Å². The largest absolute Gasteiger partial charge is 1.00 e. The molecule has 0 unspecified atom stereocenters. The van der Waals surface area contributed by atoms with E-state index in [-0.39, 0.29) is 12.4 Å². The van der Waals surface area contributed by atoms with Crippen LogP contribution < -0.4 is 28.9 Å². The number of anilines is 2. The summed E-state index contributed by atoms with van der Waals surface area (Å²) in [7, 11) is 0. The topological polar surface area (TPSA) is 82.0 Å². The van der Waals surface area contributed by atoms with Crippen molar-refractivity contribution >= 4 is 11.4 Å². The van der Waals surface area contributed by atoms with Crippen molar-refractivity contribution in [2.75, 3.05) is 11.5 Å². The second-order valence-electron chi connectivity index (χ2n) is 3.91. The van der Waals surface area contributed by atoms with Crippen LogP contribution in [0.5, 0.6) is 0 Å². The summed E-state index contributed by atoms with van der Waals surface area (Å²) < 4.78 is 0. The summed E-state index contributed by atoms with van der Waals surface area (Å²) in [6, 6.07) is 5.65. The van der Waals surface area contributed by atoms with E-state index >= 15 is 0 Å². The number of imidazole rings is 1. The highest BCUT2D eigenvalue weighted by molar-refractivity contribution is 5.55. The van der Waals surface area contributed by atoms with Gasteiger partial charge >= 0.3 is 0 Å². The number of nitrogen functional groups attached to an aromatic ring is 2. The van der Waals surface area contributed by atoms with Gasteiger partial charge in [0, 0.05) is 17.8 Å². The highest BCUT2D eigenvalue weighted by Crippen LogP contribution is 2.17. The van der Waals surface area contributed by atoms with Crippen LogP contribution in [0.4, 0.5) is 11.4 Å². The maximum absolute atomic E-state index is 5.88. The first-order valence-electron chi connectivity index (χ1n) is 5.43. The maximum Gasteiger partial charge on any atom is 0.251 e. The fourth-order valence-corrected chi connectivity index (χ4v) is 1.77. The van der Waals surface area contributed by atoms with Gasteiger partial charge in [0.1, 0.15) is 12.4 Å². The molecule has 92 valence electrons. The Morgan fingerprint density at radius 1 is 1.18 bits per heavy atom. The molecule has 0 amide bonds. The maximum atomic E-state index is 5.88. The number of nitrogens with two attached hydrogens (primary N) is 2. The Balaban J connectivity index is 0.00000144. The van der Waals surface area contributed by atoms with Gasteiger partial charge in [0.15, 0.2) is 0 Å². The van der Waals surface area contributed by atoms with E-state index in [1.54, 1.807) is 0 Å². The van der Waals surface area contributed by atoms with Gasteiger partial charge in [-0.1, -0.05) is 0 Å². The SMILES string of the molecule is Nc1ccc(N)c(CCCc2[nH]cc[nH+]2)c1.[Cl-]. The van der Waals surface area contributed by atoms with Crippen LogP contribution in [0.2, 0.25) is 0 Å². The van der Waals surface area contributed by atoms with E-state index < -0.39 is 0 Å². The summed E-state index contributed by atoms with van der Waals surface area (Å²) in [6.07, 6.45) is 6.77. The number of nitrogens with one attached hydrogen (secondary N) is 2. The minimum atomic E-state index is 0. The van der Waals surface area contributed by atoms with Crippen LogP contribution in [0.3, 0.4) is 0 Å².